The molecule has 1 atom stereocenters. The lowest BCUT2D eigenvalue weighted by Gasteiger charge is -2.39. The smallest absolute Gasteiger partial charge is 0.0749 e. The molecule has 0 aliphatic heterocycles. The highest BCUT2D eigenvalue weighted by molar-refractivity contribution is 6.00. The van der Waals surface area contributed by atoms with Gasteiger partial charge in [-0.3, -0.25) is 4.98 Å². The highest BCUT2D eigenvalue weighted by Crippen LogP contribution is 2.51. The van der Waals surface area contributed by atoms with Crippen LogP contribution in [-0.2, 0) is 5.41 Å². The lowest BCUT2D eigenvalue weighted by Crippen LogP contribution is -2.28. The summed E-state index contributed by atoms with van der Waals surface area (Å²) in [6.45, 7) is 17.5. The van der Waals surface area contributed by atoms with Crippen LogP contribution in [0.4, 0.5) is 0 Å². The van der Waals surface area contributed by atoms with E-state index in [9.17, 15) is 0 Å². The van der Waals surface area contributed by atoms with Crippen LogP contribution in [-0.4, -0.2) is 4.98 Å². The SMILES string of the molecule is CC.CC=CCC1CC=CC2=C1c1nccc3cccc(c13)C2(C)C.CCC(C)C. The maximum Gasteiger partial charge on any atom is 0.0749 e. The molecule has 30 heavy (non-hydrogen) atoms. The minimum Gasteiger partial charge on any atom is -0.256 e. The number of allylic oxidation sites excluding steroid dienone is 6. The third kappa shape index (κ3) is 4.77. The first-order valence-corrected chi connectivity index (χ1v) is 11.8. The molecule has 0 N–H and O–H groups in total. The molecule has 1 unspecified atom stereocenters. The summed E-state index contributed by atoms with van der Waals surface area (Å²) in [4.78, 5) is 4.83. The lowest BCUT2D eigenvalue weighted by atomic mass is 9.65. The summed E-state index contributed by atoms with van der Waals surface area (Å²) in [6.07, 6.45) is 14.6. The van der Waals surface area contributed by atoms with Crippen molar-refractivity contribution < 1.29 is 0 Å². The topological polar surface area (TPSA) is 12.9 Å². The van der Waals surface area contributed by atoms with E-state index in [0.29, 0.717) is 5.92 Å². The zero-order valence-electron chi connectivity index (χ0n) is 20.4. The van der Waals surface area contributed by atoms with Gasteiger partial charge in [-0.1, -0.05) is 97.4 Å². The summed E-state index contributed by atoms with van der Waals surface area (Å²) in [6, 6.07) is 8.81. The summed E-state index contributed by atoms with van der Waals surface area (Å²) in [5.74, 6) is 1.42. The van der Waals surface area contributed by atoms with Crippen LogP contribution < -0.4 is 0 Å². The molecule has 0 bridgehead atoms. The van der Waals surface area contributed by atoms with Crippen LogP contribution in [0.3, 0.4) is 0 Å². The van der Waals surface area contributed by atoms with Crippen molar-refractivity contribution in [1.82, 2.24) is 4.98 Å². The fraction of sp³-hybridized carbons (Fsp3) is 0.483. The van der Waals surface area contributed by atoms with Crippen molar-refractivity contribution in [2.75, 3.05) is 0 Å². The van der Waals surface area contributed by atoms with Gasteiger partial charge >= 0.3 is 0 Å². The van der Waals surface area contributed by atoms with Gasteiger partial charge in [-0.2, -0.15) is 0 Å². The van der Waals surface area contributed by atoms with Crippen LogP contribution in [0.1, 0.15) is 85.9 Å². The Labute approximate surface area is 185 Å². The van der Waals surface area contributed by atoms with Gasteiger partial charge in [0.05, 0.1) is 5.69 Å². The summed E-state index contributed by atoms with van der Waals surface area (Å²) in [5.41, 5.74) is 5.59. The number of aromatic nitrogens is 1. The first-order chi connectivity index (χ1) is 14.4. The molecule has 1 nitrogen and oxygen atoms in total. The van der Waals surface area contributed by atoms with Crippen LogP contribution in [0.25, 0.3) is 16.3 Å². The second-order valence-electron chi connectivity index (χ2n) is 8.96. The van der Waals surface area contributed by atoms with E-state index in [4.69, 9.17) is 4.98 Å². The van der Waals surface area contributed by atoms with Gasteiger partial charge in [0.25, 0.3) is 0 Å². The molecule has 2 aliphatic carbocycles. The molecule has 2 aliphatic rings. The second kappa shape index (κ2) is 10.8. The number of hydrogen-bond donors (Lipinski definition) is 0. The molecule has 1 heteroatoms. The standard InChI is InChI=1S/C22H23N.C5H12.C2H6/c1-4-5-8-15-9-6-11-17-19(15)21-20-16(13-14-23-21)10-7-12-18(20)22(17,2)3;1-4-5(2)3;1-2/h4-7,10-15H,8-9H2,1-3H3;5H,4H2,1-3H3;1-2H3. The Balaban J connectivity index is 0.000000404. The molecule has 0 saturated carbocycles. The number of fused-ring (bicyclic) bond motifs is 1. The van der Waals surface area contributed by atoms with Crippen LogP contribution >= 0.6 is 0 Å². The fourth-order valence-electron chi connectivity index (χ4n) is 4.26. The van der Waals surface area contributed by atoms with E-state index in [1.54, 1.807) is 0 Å². The number of benzene rings is 1. The Morgan fingerprint density at radius 1 is 1.17 bits per heavy atom. The van der Waals surface area contributed by atoms with Gasteiger partial charge in [0, 0.05) is 17.0 Å². The van der Waals surface area contributed by atoms with E-state index in [1.807, 2.05) is 20.0 Å². The molecule has 1 aromatic heterocycles. The predicted molar refractivity (Wildman–Crippen MR) is 135 cm³/mol. The van der Waals surface area contributed by atoms with Gasteiger partial charge in [0.2, 0.25) is 0 Å². The molecule has 0 fully saturated rings. The molecule has 0 saturated heterocycles. The lowest BCUT2D eigenvalue weighted by molar-refractivity contribution is 0.603. The van der Waals surface area contributed by atoms with Gasteiger partial charge in [0.15, 0.2) is 0 Å². The summed E-state index contributed by atoms with van der Waals surface area (Å²) in [7, 11) is 0. The Morgan fingerprint density at radius 2 is 1.87 bits per heavy atom. The molecule has 1 aromatic carbocycles. The van der Waals surface area contributed by atoms with Gasteiger partial charge in [-0.25, -0.2) is 0 Å². The predicted octanol–water partition coefficient (Wildman–Crippen LogP) is 8.90. The van der Waals surface area contributed by atoms with E-state index in [-0.39, 0.29) is 5.41 Å². The van der Waals surface area contributed by atoms with Crippen molar-refractivity contribution in [3.63, 3.8) is 0 Å². The fourth-order valence-corrected chi connectivity index (χ4v) is 4.26. The normalized spacial score (nSPS) is 18.6. The maximum atomic E-state index is 4.83. The van der Waals surface area contributed by atoms with Crippen LogP contribution in [0, 0.1) is 11.8 Å². The summed E-state index contributed by atoms with van der Waals surface area (Å²) in [5, 5.41) is 2.67. The molecule has 1 heterocycles. The Morgan fingerprint density at radius 3 is 2.50 bits per heavy atom. The third-order valence-electron chi connectivity index (χ3n) is 6.27. The monoisotopic (exact) mass is 403 g/mol. The Hall–Kier alpha value is -2.15. The van der Waals surface area contributed by atoms with Crippen molar-refractivity contribution in [3.05, 3.63) is 71.6 Å². The molecule has 0 spiro atoms. The first-order valence-electron chi connectivity index (χ1n) is 11.8. The molecular weight excluding hydrogens is 362 g/mol. The van der Waals surface area contributed by atoms with Crippen LogP contribution in [0.15, 0.2) is 60.3 Å². The van der Waals surface area contributed by atoms with Crippen molar-refractivity contribution in [2.45, 2.75) is 80.1 Å². The van der Waals surface area contributed by atoms with Crippen molar-refractivity contribution >= 4 is 16.3 Å². The Kier molecular flexibility index (Phi) is 8.65. The van der Waals surface area contributed by atoms with E-state index in [2.05, 4.69) is 90.1 Å². The van der Waals surface area contributed by atoms with E-state index in [1.165, 1.54) is 39.6 Å². The third-order valence-corrected chi connectivity index (χ3v) is 6.27. The van der Waals surface area contributed by atoms with E-state index >= 15 is 0 Å². The highest BCUT2D eigenvalue weighted by Gasteiger charge is 2.38. The van der Waals surface area contributed by atoms with Gasteiger partial charge < -0.3 is 0 Å². The summed E-state index contributed by atoms with van der Waals surface area (Å²) < 4.78 is 0. The number of hydrogen-bond acceptors (Lipinski definition) is 1. The quantitative estimate of drug-likeness (QED) is 0.466. The number of pyridine rings is 1. The molecular formula is C29H41N. The zero-order chi connectivity index (χ0) is 22.3. The second-order valence-corrected chi connectivity index (χ2v) is 8.96. The highest BCUT2D eigenvalue weighted by atomic mass is 14.7. The molecule has 0 amide bonds. The Bertz CT molecular complexity index is 919. The van der Waals surface area contributed by atoms with E-state index in [0.717, 1.165) is 18.8 Å². The largest absolute Gasteiger partial charge is 0.256 e. The van der Waals surface area contributed by atoms with Crippen molar-refractivity contribution in [2.24, 2.45) is 11.8 Å². The molecule has 2 aromatic rings. The average molecular weight is 404 g/mol. The minimum atomic E-state index is 0.0377. The van der Waals surface area contributed by atoms with Crippen molar-refractivity contribution in [3.8, 4) is 0 Å². The maximum absolute atomic E-state index is 4.83. The first kappa shape index (κ1) is 24.1. The minimum absolute atomic E-state index is 0.0377. The zero-order valence-corrected chi connectivity index (χ0v) is 20.4. The van der Waals surface area contributed by atoms with Gasteiger partial charge in [-0.15, -0.1) is 0 Å². The van der Waals surface area contributed by atoms with Gasteiger partial charge in [-0.05, 0) is 59.8 Å². The number of rotatable bonds is 3. The number of nitrogens with zero attached hydrogens (tertiary/aromatic N) is 1. The van der Waals surface area contributed by atoms with Gasteiger partial charge in [0.1, 0.15) is 0 Å². The molecule has 162 valence electrons. The average Bonchev–Trinajstić information content (AvgIpc) is 2.77. The molecule has 0 radical (unpaired) electrons. The van der Waals surface area contributed by atoms with Crippen LogP contribution in [0.5, 0.6) is 0 Å². The van der Waals surface area contributed by atoms with E-state index < -0.39 is 0 Å². The summed E-state index contributed by atoms with van der Waals surface area (Å²) >= 11 is 0. The van der Waals surface area contributed by atoms with Crippen LogP contribution in [0.2, 0.25) is 0 Å². The van der Waals surface area contributed by atoms with Crippen molar-refractivity contribution in [1.29, 1.82) is 0 Å². The molecule has 4 rings (SSSR count).